The highest BCUT2D eigenvalue weighted by Gasteiger charge is 2.26. The number of hydrogen-bond donors (Lipinski definition) is 1. The van der Waals surface area contributed by atoms with Crippen molar-refractivity contribution in [1.82, 2.24) is 4.57 Å². The van der Waals surface area contributed by atoms with Crippen LogP contribution in [-0.4, -0.2) is 37.9 Å². The summed E-state index contributed by atoms with van der Waals surface area (Å²) in [6, 6.07) is 11.8. The maximum absolute atomic E-state index is 12.7. The predicted molar refractivity (Wildman–Crippen MR) is 136 cm³/mol. The third-order valence-corrected chi connectivity index (χ3v) is 6.55. The summed E-state index contributed by atoms with van der Waals surface area (Å²) >= 11 is 0. The van der Waals surface area contributed by atoms with Crippen molar-refractivity contribution in [2.45, 2.75) is 46.1 Å². The molecule has 0 saturated carbocycles. The lowest BCUT2D eigenvalue weighted by atomic mass is 9.97. The van der Waals surface area contributed by atoms with Gasteiger partial charge in [0.25, 0.3) is 5.91 Å². The highest BCUT2D eigenvalue weighted by atomic mass is 16.6. The fourth-order valence-corrected chi connectivity index (χ4v) is 4.79. The summed E-state index contributed by atoms with van der Waals surface area (Å²) in [4.78, 5) is 12.7. The molecule has 2 heterocycles. The molecule has 0 atom stereocenters. The largest absolute Gasteiger partial charge is 0.493 e. The molecule has 1 aliphatic rings. The van der Waals surface area contributed by atoms with Crippen molar-refractivity contribution >= 4 is 5.91 Å². The van der Waals surface area contributed by atoms with Crippen molar-refractivity contribution in [3.8, 4) is 34.1 Å². The number of carbonyl (C=O) groups is 1. The molecule has 0 spiro atoms. The number of carbonyl (C=O) groups excluding carboxylic acids is 1. The molecule has 0 fully saturated rings. The quantitative estimate of drug-likeness (QED) is 0.446. The van der Waals surface area contributed by atoms with Gasteiger partial charge in [0, 0.05) is 23.5 Å². The fourth-order valence-electron chi connectivity index (χ4n) is 4.79. The molecule has 4 rings (SSSR count). The first-order valence-corrected chi connectivity index (χ1v) is 12.1. The number of hydrogen-bond acceptors (Lipinski definition) is 5. The molecule has 1 aromatic heterocycles. The molecule has 7 heteroatoms. The first kappa shape index (κ1) is 24.5. The number of benzene rings is 2. The van der Waals surface area contributed by atoms with E-state index in [1.54, 1.807) is 14.2 Å². The lowest BCUT2D eigenvalue weighted by Crippen LogP contribution is -2.15. The van der Waals surface area contributed by atoms with E-state index >= 15 is 0 Å². The van der Waals surface area contributed by atoms with Crippen LogP contribution in [0.3, 0.4) is 0 Å². The minimum atomic E-state index is -0.421. The smallest absolute Gasteiger partial charge is 0.251 e. The van der Waals surface area contributed by atoms with Gasteiger partial charge < -0.3 is 29.2 Å². The van der Waals surface area contributed by atoms with Crippen LogP contribution in [0.4, 0.5) is 0 Å². The normalized spacial score (nSPS) is 12.5. The van der Waals surface area contributed by atoms with E-state index < -0.39 is 5.91 Å². The zero-order chi connectivity index (χ0) is 24.9. The second-order valence-corrected chi connectivity index (χ2v) is 8.70. The number of methoxy groups -OCH3 is 2. The Morgan fingerprint density at radius 2 is 1.74 bits per heavy atom. The number of fused-ring (bicyclic) bond motifs is 1. The van der Waals surface area contributed by atoms with Crippen molar-refractivity contribution in [1.29, 1.82) is 0 Å². The Kier molecular flexibility index (Phi) is 7.54. The summed E-state index contributed by atoms with van der Waals surface area (Å²) in [6.45, 7) is 5.90. The molecular formula is C28H34N2O5. The standard InChI is InChI=1S/C28H34N2O5/c1-5-6-7-21-27(20-9-11-23-25(17-20)35-15-14-34-23)26(28(29)31)18(2)30(21)13-12-19-8-10-22(32-3)24(16-19)33-4/h8-11,16-17H,5-7,12-15H2,1-4H3,(H2,29,31). The molecule has 0 aliphatic carbocycles. The molecule has 0 radical (unpaired) electrons. The van der Waals surface area contributed by atoms with Crippen molar-refractivity contribution in [2.24, 2.45) is 5.73 Å². The third kappa shape index (κ3) is 4.94. The number of ether oxygens (including phenoxy) is 4. The van der Waals surface area contributed by atoms with E-state index in [4.69, 9.17) is 24.7 Å². The lowest BCUT2D eigenvalue weighted by molar-refractivity contribution is 0.1000. The molecule has 0 bridgehead atoms. The Balaban J connectivity index is 1.77. The minimum absolute atomic E-state index is 0.421. The Morgan fingerprint density at radius 1 is 1.00 bits per heavy atom. The molecule has 35 heavy (non-hydrogen) atoms. The number of nitrogens with two attached hydrogens (primary N) is 1. The molecule has 2 N–H and O–H groups in total. The van der Waals surface area contributed by atoms with Gasteiger partial charge in [-0.1, -0.05) is 25.5 Å². The second-order valence-electron chi connectivity index (χ2n) is 8.70. The van der Waals surface area contributed by atoms with E-state index in [9.17, 15) is 4.79 Å². The maximum atomic E-state index is 12.7. The van der Waals surface area contributed by atoms with Crippen LogP contribution in [-0.2, 0) is 19.4 Å². The van der Waals surface area contributed by atoms with Crippen LogP contribution in [0.1, 0.15) is 47.1 Å². The van der Waals surface area contributed by atoms with Gasteiger partial charge in [0.1, 0.15) is 13.2 Å². The van der Waals surface area contributed by atoms with Gasteiger partial charge >= 0.3 is 0 Å². The average molecular weight is 479 g/mol. The lowest BCUT2D eigenvalue weighted by Gasteiger charge is -2.19. The van der Waals surface area contributed by atoms with Gasteiger partial charge in [-0.3, -0.25) is 4.79 Å². The van der Waals surface area contributed by atoms with Crippen LogP contribution in [0.2, 0.25) is 0 Å². The monoisotopic (exact) mass is 478 g/mol. The van der Waals surface area contributed by atoms with Crippen LogP contribution < -0.4 is 24.7 Å². The zero-order valence-electron chi connectivity index (χ0n) is 21.0. The van der Waals surface area contributed by atoms with Crippen LogP contribution in [0.15, 0.2) is 36.4 Å². The molecule has 186 valence electrons. The number of unbranched alkanes of at least 4 members (excludes halogenated alkanes) is 1. The molecule has 7 nitrogen and oxygen atoms in total. The highest BCUT2D eigenvalue weighted by molar-refractivity contribution is 6.02. The first-order chi connectivity index (χ1) is 17.0. The summed E-state index contributed by atoms with van der Waals surface area (Å²) in [5, 5.41) is 0. The van der Waals surface area contributed by atoms with Gasteiger partial charge in [0.15, 0.2) is 23.0 Å². The SMILES string of the molecule is CCCCc1c(-c2ccc3c(c2)OCCO3)c(C(N)=O)c(C)n1CCc1ccc(OC)c(OC)c1. The molecule has 0 saturated heterocycles. The van der Waals surface area contributed by atoms with E-state index in [-0.39, 0.29) is 0 Å². The predicted octanol–water partition coefficient (Wildman–Crippen LogP) is 4.94. The summed E-state index contributed by atoms with van der Waals surface area (Å²) < 4.78 is 24.6. The summed E-state index contributed by atoms with van der Waals surface area (Å²) in [7, 11) is 3.27. The third-order valence-electron chi connectivity index (χ3n) is 6.55. The number of aromatic nitrogens is 1. The van der Waals surface area contributed by atoms with Crippen molar-refractivity contribution in [3.05, 3.63) is 58.9 Å². The maximum Gasteiger partial charge on any atom is 0.251 e. The van der Waals surface area contributed by atoms with Gasteiger partial charge in [-0.2, -0.15) is 0 Å². The number of amides is 1. The Labute approximate surface area is 206 Å². The minimum Gasteiger partial charge on any atom is -0.493 e. The Bertz CT molecular complexity index is 1210. The molecule has 2 aromatic carbocycles. The second kappa shape index (κ2) is 10.8. The van der Waals surface area contributed by atoms with Crippen molar-refractivity contribution in [2.75, 3.05) is 27.4 Å². The van der Waals surface area contributed by atoms with Crippen LogP contribution >= 0.6 is 0 Å². The molecule has 1 aliphatic heterocycles. The number of nitrogens with zero attached hydrogens (tertiary/aromatic N) is 1. The number of aryl methyl sites for hydroxylation is 1. The Hall–Kier alpha value is -3.61. The van der Waals surface area contributed by atoms with Crippen molar-refractivity contribution < 1.29 is 23.7 Å². The van der Waals surface area contributed by atoms with Gasteiger partial charge in [-0.05, 0) is 61.6 Å². The number of primary amides is 1. The van der Waals surface area contributed by atoms with Crippen LogP contribution in [0.25, 0.3) is 11.1 Å². The van der Waals surface area contributed by atoms with Crippen molar-refractivity contribution in [3.63, 3.8) is 0 Å². The average Bonchev–Trinajstić information content (AvgIpc) is 3.16. The summed E-state index contributed by atoms with van der Waals surface area (Å²) in [5.74, 6) is 2.40. The van der Waals surface area contributed by atoms with Gasteiger partial charge in [0.05, 0.1) is 19.8 Å². The first-order valence-electron chi connectivity index (χ1n) is 12.1. The molecular weight excluding hydrogens is 444 g/mol. The van der Waals surface area contributed by atoms with E-state index in [2.05, 4.69) is 11.5 Å². The van der Waals surface area contributed by atoms with Crippen LogP contribution in [0, 0.1) is 6.92 Å². The van der Waals surface area contributed by atoms with E-state index in [1.165, 1.54) is 0 Å². The fraction of sp³-hybridized carbons (Fsp3) is 0.393. The van der Waals surface area contributed by atoms with Gasteiger partial charge in [-0.15, -0.1) is 0 Å². The van der Waals surface area contributed by atoms with E-state index in [0.717, 1.165) is 59.5 Å². The van der Waals surface area contributed by atoms with Gasteiger partial charge in [-0.25, -0.2) is 0 Å². The molecule has 3 aromatic rings. The highest BCUT2D eigenvalue weighted by Crippen LogP contribution is 2.39. The summed E-state index contributed by atoms with van der Waals surface area (Å²) in [6.07, 6.45) is 3.68. The zero-order valence-corrected chi connectivity index (χ0v) is 21.0. The van der Waals surface area contributed by atoms with Gasteiger partial charge in [0.2, 0.25) is 0 Å². The van der Waals surface area contributed by atoms with Crippen LogP contribution in [0.5, 0.6) is 23.0 Å². The molecule has 1 amide bonds. The number of rotatable bonds is 10. The molecule has 0 unspecified atom stereocenters. The van der Waals surface area contributed by atoms with E-state index in [0.29, 0.717) is 42.6 Å². The topological polar surface area (TPSA) is 84.9 Å². The summed E-state index contributed by atoms with van der Waals surface area (Å²) in [5.41, 5.74) is 11.5. The van der Waals surface area contributed by atoms with E-state index in [1.807, 2.05) is 43.3 Å². The Morgan fingerprint density at radius 3 is 2.43 bits per heavy atom.